The molecule has 1 saturated heterocycles. The van der Waals surface area contributed by atoms with E-state index in [1.165, 1.54) is 22.5 Å². The SMILES string of the molecule is CCNC(=NCCCc1c[nH]c2ccccc12)NC1CCN(c2ncccc2F)C1.I. The highest BCUT2D eigenvalue weighted by molar-refractivity contribution is 14.0. The quantitative estimate of drug-likeness (QED) is 0.184. The molecule has 0 spiro atoms. The average molecular weight is 536 g/mol. The average Bonchev–Trinajstić information content (AvgIpc) is 3.39. The molecule has 3 aromatic rings. The second-order valence-corrected chi connectivity index (χ2v) is 7.61. The first-order valence-electron chi connectivity index (χ1n) is 10.7. The van der Waals surface area contributed by atoms with E-state index < -0.39 is 0 Å². The van der Waals surface area contributed by atoms with Gasteiger partial charge in [-0.1, -0.05) is 18.2 Å². The minimum atomic E-state index is -0.268. The number of anilines is 1. The standard InChI is InChI=1S/C23H29FN6.HI/c1-2-25-23(27-13-5-7-17-15-28-21-10-4-3-8-19(17)21)29-18-11-14-30(16-18)22-20(24)9-6-12-26-22;/h3-4,6,8-10,12,15,18,28H,2,5,7,11,13-14,16H2,1H3,(H2,25,27,29);1H. The minimum Gasteiger partial charge on any atom is -0.361 e. The lowest BCUT2D eigenvalue weighted by Crippen LogP contribution is -2.44. The van der Waals surface area contributed by atoms with Crippen molar-refractivity contribution in [3.8, 4) is 0 Å². The van der Waals surface area contributed by atoms with Gasteiger partial charge in [0.2, 0.25) is 0 Å². The third-order valence-electron chi connectivity index (χ3n) is 5.46. The molecule has 0 saturated carbocycles. The Morgan fingerprint density at radius 3 is 3.00 bits per heavy atom. The van der Waals surface area contributed by atoms with Crippen LogP contribution in [0, 0.1) is 5.82 Å². The van der Waals surface area contributed by atoms with Gasteiger partial charge in [0.1, 0.15) is 0 Å². The van der Waals surface area contributed by atoms with Crippen LogP contribution in [0.5, 0.6) is 0 Å². The molecule has 6 nitrogen and oxygen atoms in total. The molecule has 4 rings (SSSR count). The van der Waals surface area contributed by atoms with Crippen LogP contribution in [0.25, 0.3) is 10.9 Å². The van der Waals surface area contributed by atoms with Gasteiger partial charge in [0.25, 0.3) is 0 Å². The summed E-state index contributed by atoms with van der Waals surface area (Å²) in [7, 11) is 0. The van der Waals surface area contributed by atoms with E-state index in [2.05, 4.69) is 51.9 Å². The third kappa shape index (κ3) is 5.87. The van der Waals surface area contributed by atoms with Crippen molar-refractivity contribution in [1.82, 2.24) is 20.6 Å². The van der Waals surface area contributed by atoms with Crippen LogP contribution in [0.15, 0.2) is 53.8 Å². The molecule has 0 amide bonds. The number of aliphatic imine (C=N–C) groups is 1. The Kier molecular flexibility index (Phi) is 8.51. The van der Waals surface area contributed by atoms with Gasteiger partial charge in [-0.25, -0.2) is 9.37 Å². The summed E-state index contributed by atoms with van der Waals surface area (Å²) >= 11 is 0. The van der Waals surface area contributed by atoms with Crippen LogP contribution in [0.3, 0.4) is 0 Å². The predicted molar refractivity (Wildman–Crippen MR) is 136 cm³/mol. The van der Waals surface area contributed by atoms with Crippen LogP contribution >= 0.6 is 24.0 Å². The van der Waals surface area contributed by atoms with Crippen molar-refractivity contribution in [2.75, 3.05) is 31.1 Å². The number of pyridine rings is 1. The topological polar surface area (TPSA) is 68.3 Å². The van der Waals surface area contributed by atoms with Crippen molar-refractivity contribution in [2.45, 2.75) is 32.2 Å². The maximum atomic E-state index is 14.0. The van der Waals surface area contributed by atoms with Gasteiger partial charge < -0.3 is 20.5 Å². The van der Waals surface area contributed by atoms with E-state index in [9.17, 15) is 4.39 Å². The number of rotatable bonds is 7. The Morgan fingerprint density at radius 1 is 1.29 bits per heavy atom. The number of benzene rings is 1. The van der Waals surface area contributed by atoms with Crippen LogP contribution in [0.2, 0.25) is 0 Å². The zero-order valence-electron chi connectivity index (χ0n) is 17.8. The molecule has 2 aromatic heterocycles. The summed E-state index contributed by atoms with van der Waals surface area (Å²) in [5.41, 5.74) is 2.52. The van der Waals surface area contributed by atoms with Crippen molar-refractivity contribution in [3.63, 3.8) is 0 Å². The molecule has 3 N–H and O–H groups in total. The molecule has 166 valence electrons. The summed E-state index contributed by atoms with van der Waals surface area (Å²) < 4.78 is 14.0. The minimum absolute atomic E-state index is 0. The molecule has 0 bridgehead atoms. The van der Waals surface area contributed by atoms with Crippen molar-refractivity contribution < 1.29 is 4.39 Å². The van der Waals surface area contributed by atoms with E-state index in [-0.39, 0.29) is 35.8 Å². The highest BCUT2D eigenvalue weighted by Crippen LogP contribution is 2.21. The second kappa shape index (κ2) is 11.3. The van der Waals surface area contributed by atoms with Crippen LogP contribution < -0.4 is 15.5 Å². The number of para-hydroxylation sites is 1. The zero-order chi connectivity index (χ0) is 20.8. The Hall–Kier alpha value is -2.36. The number of hydrogen-bond acceptors (Lipinski definition) is 3. The summed E-state index contributed by atoms with van der Waals surface area (Å²) in [6, 6.07) is 11.7. The number of guanidine groups is 1. The van der Waals surface area contributed by atoms with Crippen molar-refractivity contribution in [1.29, 1.82) is 0 Å². The Balaban J connectivity index is 0.00000272. The molecule has 1 aromatic carbocycles. The summed E-state index contributed by atoms with van der Waals surface area (Å²) in [5, 5.41) is 8.11. The number of aromatic nitrogens is 2. The first-order valence-corrected chi connectivity index (χ1v) is 10.7. The molecule has 1 unspecified atom stereocenters. The lowest BCUT2D eigenvalue weighted by atomic mass is 10.1. The van der Waals surface area contributed by atoms with Gasteiger partial charge in [0, 0.05) is 55.5 Å². The van der Waals surface area contributed by atoms with E-state index in [0.717, 1.165) is 44.9 Å². The molecule has 1 atom stereocenters. The number of fused-ring (bicyclic) bond motifs is 1. The molecule has 3 heterocycles. The van der Waals surface area contributed by atoms with E-state index in [0.29, 0.717) is 12.4 Å². The predicted octanol–water partition coefficient (Wildman–Crippen LogP) is 4.09. The van der Waals surface area contributed by atoms with Gasteiger partial charge in [-0.3, -0.25) is 4.99 Å². The fraction of sp³-hybridized carbons (Fsp3) is 0.391. The molecule has 1 aliphatic rings. The molecular weight excluding hydrogens is 506 g/mol. The smallest absolute Gasteiger partial charge is 0.191 e. The van der Waals surface area contributed by atoms with Gasteiger partial charge in [-0.15, -0.1) is 24.0 Å². The summed E-state index contributed by atoms with van der Waals surface area (Å²) in [6.45, 7) is 5.12. The van der Waals surface area contributed by atoms with Crippen LogP contribution in [0.1, 0.15) is 25.3 Å². The van der Waals surface area contributed by atoms with Crippen molar-refractivity contribution in [3.05, 3.63) is 60.2 Å². The number of aromatic amines is 1. The van der Waals surface area contributed by atoms with Crippen molar-refractivity contribution in [2.24, 2.45) is 4.99 Å². The molecule has 1 fully saturated rings. The van der Waals surface area contributed by atoms with E-state index in [4.69, 9.17) is 4.99 Å². The van der Waals surface area contributed by atoms with Gasteiger partial charge in [0.05, 0.1) is 0 Å². The van der Waals surface area contributed by atoms with Gasteiger partial charge in [-0.2, -0.15) is 0 Å². The molecule has 1 aliphatic heterocycles. The zero-order valence-corrected chi connectivity index (χ0v) is 20.1. The Labute approximate surface area is 199 Å². The number of hydrogen-bond donors (Lipinski definition) is 3. The summed E-state index contributed by atoms with van der Waals surface area (Å²) in [4.78, 5) is 14.3. The highest BCUT2D eigenvalue weighted by atomic mass is 127. The largest absolute Gasteiger partial charge is 0.361 e. The molecular formula is C23H30FIN6. The lowest BCUT2D eigenvalue weighted by molar-refractivity contribution is 0.612. The normalized spacial score (nSPS) is 16.4. The monoisotopic (exact) mass is 536 g/mol. The number of halogens is 2. The van der Waals surface area contributed by atoms with E-state index in [1.807, 2.05) is 11.0 Å². The summed E-state index contributed by atoms with van der Waals surface area (Å²) in [5.74, 6) is 0.989. The lowest BCUT2D eigenvalue weighted by Gasteiger charge is -2.19. The number of nitrogens with zero attached hydrogens (tertiary/aromatic N) is 3. The summed E-state index contributed by atoms with van der Waals surface area (Å²) in [6.07, 6.45) is 6.63. The molecule has 0 radical (unpaired) electrons. The van der Waals surface area contributed by atoms with E-state index >= 15 is 0 Å². The van der Waals surface area contributed by atoms with Crippen molar-refractivity contribution >= 4 is 46.7 Å². The first-order chi connectivity index (χ1) is 14.7. The van der Waals surface area contributed by atoms with Crippen LogP contribution in [-0.2, 0) is 6.42 Å². The number of aryl methyl sites for hydroxylation is 1. The van der Waals surface area contributed by atoms with Gasteiger partial charge >= 0.3 is 0 Å². The third-order valence-corrected chi connectivity index (χ3v) is 5.46. The van der Waals surface area contributed by atoms with Gasteiger partial charge in [0.15, 0.2) is 17.6 Å². The fourth-order valence-corrected chi connectivity index (χ4v) is 3.99. The highest BCUT2D eigenvalue weighted by Gasteiger charge is 2.25. The molecule has 8 heteroatoms. The molecule has 31 heavy (non-hydrogen) atoms. The number of nitrogens with one attached hydrogen (secondary N) is 3. The first kappa shape index (κ1) is 23.3. The Morgan fingerprint density at radius 2 is 2.16 bits per heavy atom. The van der Waals surface area contributed by atoms with Gasteiger partial charge in [-0.05, 0) is 49.9 Å². The Bertz CT molecular complexity index is 1000. The van der Waals surface area contributed by atoms with Crippen LogP contribution in [-0.4, -0.2) is 48.1 Å². The van der Waals surface area contributed by atoms with E-state index in [1.54, 1.807) is 12.3 Å². The second-order valence-electron chi connectivity index (χ2n) is 7.61. The molecule has 0 aliphatic carbocycles. The number of H-pyrrole nitrogens is 1. The maximum absolute atomic E-state index is 14.0. The van der Waals surface area contributed by atoms with Crippen LogP contribution in [0.4, 0.5) is 10.2 Å². The maximum Gasteiger partial charge on any atom is 0.191 e. The fourth-order valence-electron chi connectivity index (χ4n) is 3.99.